The topological polar surface area (TPSA) is 49.4 Å². The van der Waals surface area contributed by atoms with Crippen LogP contribution in [0.25, 0.3) is 0 Å². The van der Waals surface area contributed by atoms with Crippen LogP contribution >= 0.6 is 0 Å². The molecule has 3 rings (SSSR count). The van der Waals surface area contributed by atoms with Gasteiger partial charge in [0.05, 0.1) is 11.7 Å². The summed E-state index contributed by atoms with van der Waals surface area (Å²) in [5.41, 5.74) is 1.71. The Balaban J connectivity index is 1.84. The molecule has 1 N–H and O–H groups in total. The number of carbonyl (C=O) groups is 2. The molecule has 2 aromatic carbocycles. The molecule has 23 heavy (non-hydrogen) atoms. The van der Waals surface area contributed by atoms with Crippen molar-refractivity contribution in [2.75, 3.05) is 18.9 Å². The highest BCUT2D eigenvalue weighted by Gasteiger charge is 2.28. The van der Waals surface area contributed by atoms with Crippen molar-refractivity contribution >= 4 is 17.4 Å². The molecule has 1 aliphatic heterocycles. The summed E-state index contributed by atoms with van der Waals surface area (Å²) >= 11 is 0. The number of nitrogens with zero attached hydrogens (tertiary/aromatic N) is 1. The highest BCUT2D eigenvalue weighted by Crippen LogP contribution is 2.22. The Morgan fingerprint density at radius 3 is 2.43 bits per heavy atom. The van der Waals surface area contributed by atoms with Gasteiger partial charge in [-0.25, -0.2) is 0 Å². The molecule has 0 spiro atoms. The predicted molar refractivity (Wildman–Crippen MR) is 90.6 cm³/mol. The van der Waals surface area contributed by atoms with E-state index in [9.17, 15) is 9.59 Å². The van der Waals surface area contributed by atoms with Crippen molar-refractivity contribution in [1.29, 1.82) is 0 Å². The fourth-order valence-corrected chi connectivity index (χ4v) is 2.99. The van der Waals surface area contributed by atoms with Crippen LogP contribution in [0, 0.1) is 0 Å². The molecule has 118 valence electrons. The summed E-state index contributed by atoms with van der Waals surface area (Å²) in [4.78, 5) is 27.2. The fraction of sp³-hybridized carbons (Fsp3) is 0.263. The summed E-state index contributed by atoms with van der Waals surface area (Å²) in [5, 5.41) is 2.93. The van der Waals surface area contributed by atoms with Crippen molar-refractivity contribution in [3.63, 3.8) is 0 Å². The van der Waals surface area contributed by atoms with Crippen molar-refractivity contribution in [1.82, 2.24) is 4.90 Å². The molecule has 1 atom stereocenters. The molecular formula is C19H20N2O2. The van der Waals surface area contributed by atoms with Crippen LogP contribution in [-0.2, 0) is 4.79 Å². The van der Waals surface area contributed by atoms with E-state index in [4.69, 9.17) is 0 Å². The number of anilines is 1. The number of likely N-dealkylation sites (N-methyl/N-ethyl adjacent to an activating group) is 1. The molecule has 0 radical (unpaired) electrons. The summed E-state index contributed by atoms with van der Waals surface area (Å²) in [5.74, 6) is -0.125. The number of carbonyl (C=O) groups excluding carboxylic acids is 2. The number of likely N-dealkylation sites (tertiary alicyclic amines) is 1. The number of hydrogen-bond donors (Lipinski definition) is 1. The maximum atomic E-state index is 12.7. The minimum Gasteiger partial charge on any atom is -0.324 e. The Hall–Kier alpha value is -2.46. The van der Waals surface area contributed by atoms with Gasteiger partial charge in [-0.3, -0.25) is 14.5 Å². The molecule has 0 saturated carbocycles. The first-order valence-corrected chi connectivity index (χ1v) is 7.86. The quantitative estimate of drug-likeness (QED) is 0.884. The van der Waals surface area contributed by atoms with E-state index in [1.807, 2.05) is 37.4 Å². The molecule has 1 amide bonds. The second kappa shape index (κ2) is 6.75. The zero-order chi connectivity index (χ0) is 16.2. The van der Waals surface area contributed by atoms with E-state index in [1.54, 1.807) is 24.3 Å². The van der Waals surface area contributed by atoms with Crippen molar-refractivity contribution < 1.29 is 9.59 Å². The van der Waals surface area contributed by atoms with E-state index >= 15 is 0 Å². The van der Waals surface area contributed by atoms with Gasteiger partial charge in [0.2, 0.25) is 5.91 Å². The number of nitrogens with one attached hydrogen (secondary N) is 1. The van der Waals surface area contributed by atoms with Crippen LogP contribution in [0.1, 0.15) is 28.8 Å². The third-order valence-electron chi connectivity index (χ3n) is 4.29. The average Bonchev–Trinajstić information content (AvgIpc) is 3.02. The molecule has 4 heteroatoms. The molecule has 0 aliphatic carbocycles. The number of ketones is 1. The molecule has 1 unspecified atom stereocenters. The molecule has 1 saturated heterocycles. The lowest BCUT2D eigenvalue weighted by atomic mass is 10.0. The van der Waals surface area contributed by atoms with Crippen LogP contribution in [0.5, 0.6) is 0 Å². The summed E-state index contributed by atoms with van der Waals surface area (Å²) in [6, 6.07) is 16.2. The Labute approximate surface area is 136 Å². The lowest BCUT2D eigenvalue weighted by molar-refractivity contribution is -0.119. The van der Waals surface area contributed by atoms with Crippen molar-refractivity contribution in [2.45, 2.75) is 18.9 Å². The van der Waals surface area contributed by atoms with Gasteiger partial charge in [-0.15, -0.1) is 0 Å². The molecule has 0 aromatic heterocycles. The minimum absolute atomic E-state index is 0.0432. The largest absolute Gasteiger partial charge is 0.324 e. The number of hydrogen-bond acceptors (Lipinski definition) is 3. The third kappa shape index (κ3) is 3.32. The maximum Gasteiger partial charge on any atom is 0.241 e. The Kier molecular flexibility index (Phi) is 4.53. The highest BCUT2D eigenvalue weighted by molar-refractivity contribution is 6.14. The van der Waals surface area contributed by atoms with Gasteiger partial charge in [0.25, 0.3) is 0 Å². The van der Waals surface area contributed by atoms with Gasteiger partial charge in [-0.1, -0.05) is 42.5 Å². The molecule has 1 heterocycles. The number of amides is 1. The van der Waals surface area contributed by atoms with E-state index in [-0.39, 0.29) is 17.7 Å². The molecule has 1 aliphatic rings. The first-order chi connectivity index (χ1) is 11.2. The number of benzene rings is 2. The van der Waals surface area contributed by atoms with E-state index in [1.165, 1.54) is 0 Å². The van der Waals surface area contributed by atoms with Gasteiger partial charge in [-0.2, -0.15) is 0 Å². The van der Waals surface area contributed by atoms with Crippen LogP contribution in [0.3, 0.4) is 0 Å². The molecule has 0 bridgehead atoms. The lowest BCUT2D eigenvalue weighted by Crippen LogP contribution is -2.37. The van der Waals surface area contributed by atoms with Gasteiger partial charge in [0.15, 0.2) is 5.78 Å². The van der Waals surface area contributed by atoms with Gasteiger partial charge in [0.1, 0.15) is 0 Å². The lowest BCUT2D eigenvalue weighted by Gasteiger charge is -2.19. The smallest absolute Gasteiger partial charge is 0.241 e. The van der Waals surface area contributed by atoms with Crippen molar-refractivity contribution in [2.24, 2.45) is 0 Å². The second-order valence-electron chi connectivity index (χ2n) is 5.87. The minimum atomic E-state index is -0.116. The van der Waals surface area contributed by atoms with Crippen molar-refractivity contribution in [3.8, 4) is 0 Å². The Morgan fingerprint density at radius 1 is 1.04 bits per heavy atom. The zero-order valence-electron chi connectivity index (χ0n) is 13.2. The molecule has 4 nitrogen and oxygen atoms in total. The summed E-state index contributed by atoms with van der Waals surface area (Å²) in [6.07, 6.45) is 1.89. The first-order valence-electron chi connectivity index (χ1n) is 7.86. The SMILES string of the molecule is CN1CCCC1C(=O)Nc1ccccc1C(=O)c1ccccc1. The normalized spacial score (nSPS) is 17.9. The third-order valence-corrected chi connectivity index (χ3v) is 4.29. The van der Waals surface area contributed by atoms with Crippen LogP contribution in [-0.4, -0.2) is 36.2 Å². The summed E-state index contributed by atoms with van der Waals surface area (Å²) in [6.45, 7) is 0.933. The van der Waals surface area contributed by atoms with Gasteiger partial charge < -0.3 is 5.32 Å². The standard InChI is InChI=1S/C19H20N2O2/c1-21-13-7-12-17(21)19(23)20-16-11-6-5-10-15(16)18(22)14-8-3-2-4-9-14/h2-6,8-11,17H,7,12-13H2,1H3,(H,20,23). The summed E-state index contributed by atoms with van der Waals surface area (Å²) < 4.78 is 0. The van der Waals surface area contributed by atoms with E-state index in [2.05, 4.69) is 10.2 Å². The van der Waals surface area contributed by atoms with Crippen molar-refractivity contribution in [3.05, 3.63) is 65.7 Å². The van der Waals surface area contributed by atoms with E-state index < -0.39 is 0 Å². The van der Waals surface area contributed by atoms with Crippen LogP contribution in [0.15, 0.2) is 54.6 Å². The highest BCUT2D eigenvalue weighted by atomic mass is 16.2. The number of para-hydroxylation sites is 1. The predicted octanol–water partition coefficient (Wildman–Crippen LogP) is 2.95. The first kappa shape index (κ1) is 15.4. The van der Waals surface area contributed by atoms with E-state index in [0.717, 1.165) is 19.4 Å². The molecular weight excluding hydrogens is 288 g/mol. The Bertz CT molecular complexity index is 712. The molecule has 1 fully saturated rings. The maximum absolute atomic E-state index is 12.7. The van der Waals surface area contributed by atoms with Gasteiger partial charge in [-0.05, 0) is 38.6 Å². The summed E-state index contributed by atoms with van der Waals surface area (Å²) in [7, 11) is 1.96. The fourth-order valence-electron chi connectivity index (χ4n) is 2.99. The monoisotopic (exact) mass is 308 g/mol. The number of rotatable bonds is 4. The van der Waals surface area contributed by atoms with E-state index in [0.29, 0.717) is 16.8 Å². The zero-order valence-corrected chi connectivity index (χ0v) is 13.2. The Morgan fingerprint density at radius 2 is 1.74 bits per heavy atom. The van der Waals surface area contributed by atoms with Crippen LogP contribution in [0.2, 0.25) is 0 Å². The van der Waals surface area contributed by atoms with Crippen LogP contribution in [0.4, 0.5) is 5.69 Å². The second-order valence-corrected chi connectivity index (χ2v) is 5.87. The van der Waals surface area contributed by atoms with Gasteiger partial charge >= 0.3 is 0 Å². The van der Waals surface area contributed by atoms with Crippen LogP contribution < -0.4 is 5.32 Å². The average molecular weight is 308 g/mol. The molecule has 2 aromatic rings. The van der Waals surface area contributed by atoms with Gasteiger partial charge in [0, 0.05) is 11.1 Å².